The molecule has 2 aromatic rings. The maximum absolute atomic E-state index is 13.8. The first-order chi connectivity index (χ1) is 20.0. The SMILES string of the molecule is C=C[C@@H]1C[C@]1(NC(=O)[C@@H]1C[C@@H](Oc2ccnc3c(C)c(OC)ccc23)CN1C(=O)OC(C)(C)C)C(=O)NS(=O)(=O)N(C)C. The van der Waals surface area contributed by atoms with Gasteiger partial charge >= 0.3 is 16.3 Å². The first-order valence-electron chi connectivity index (χ1n) is 13.8. The molecule has 1 aromatic heterocycles. The summed E-state index contributed by atoms with van der Waals surface area (Å²) in [6.45, 7) is 10.8. The van der Waals surface area contributed by atoms with Gasteiger partial charge in [0.25, 0.3) is 5.91 Å². The number of hydrogen-bond donors (Lipinski definition) is 2. The molecule has 4 atom stereocenters. The van der Waals surface area contributed by atoms with Crippen molar-refractivity contribution in [1.82, 2.24) is 24.2 Å². The number of nitrogens with one attached hydrogen (secondary N) is 2. The van der Waals surface area contributed by atoms with Crippen molar-refractivity contribution in [3.05, 3.63) is 42.6 Å². The molecule has 234 valence electrons. The summed E-state index contributed by atoms with van der Waals surface area (Å²) in [6, 6.07) is 4.30. The number of fused-ring (bicyclic) bond motifs is 1. The summed E-state index contributed by atoms with van der Waals surface area (Å²) in [4.78, 5) is 45.9. The van der Waals surface area contributed by atoms with Crippen LogP contribution < -0.4 is 19.5 Å². The quantitative estimate of drug-likeness (QED) is 0.403. The number of ether oxygens (including phenoxy) is 3. The van der Waals surface area contributed by atoms with Crippen LogP contribution in [0, 0.1) is 12.8 Å². The molecule has 2 aliphatic rings. The maximum Gasteiger partial charge on any atom is 0.411 e. The van der Waals surface area contributed by atoms with Gasteiger partial charge in [0.2, 0.25) is 5.91 Å². The van der Waals surface area contributed by atoms with E-state index in [1.165, 1.54) is 25.1 Å². The number of amides is 3. The van der Waals surface area contributed by atoms with Crippen molar-refractivity contribution in [2.75, 3.05) is 27.7 Å². The van der Waals surface area contributed by atoms with Crippen LogP contribution in [0.5, 0.6) is 11.5 Å². The number of rotatable bonds is 9. The summed E-state index contributed by atoms with van der Waals surface area (Å²) in [5.41, 5.74) is -0.831. The van der Waals surface area contributed by atoms with Crippen LogP contribution in [0.4, 0.5) is 4.79 Å². The minimum Gasteiger partial charge on any atom is -0.496 e. The zero-order valence-corrected chi connectivity index (χ0v) is 26.3. The van der Waals surface area contributed by atoms with Gasteiger partial charge in [0, 0.05) is 43.6 Å². The maximum atomic E-state index is 13.8. The molecule has 2 fully saturated rings. The first-order valence-corrected chi connectivity index (χ1v) is 15.2. The lowest BCUT2D eigenvalue weighted by Gasteiger charge is -2.29. The third kappa shape index (κ3) is 6.54. The average molecular weight is 618 g/mol. The highest BCUT2D eigenvalue weighted by Gasteiger charge is 2.61. The summed E-state index contributed by atoms with van der Waals surface area (Å²) in [7, 11) is 0.0263. The number of aromatic nitrogens is 1. The van der Waals surface area contributed by atoms with Gasteiger partial charge in [-0.2, -0.15) is 12.7 Å². The molecule has 13 nitrogen and oxygen atoms in total. The van der Waals surface area contributed by atoms with Crippen LogP contribution in [0.25, 0.3) is 10.9 Å². The van der Waals surface area contributed by atoms with Gasteiger partial charge in [-0.25, -0.2) is 9.52 Å². The van der Waals surface area contributed by atoms with Crippen molar-refractivity contribution < 1.29 is 37.0 Å². The van der Waals surface area contributed by atoms with E-state index >= 15 is 0 Å². The largest absolute Gasteiger partial charge is 0.496 e. The van der Waals surface area contributed by atoms with Crippen molar-refractivity contribution >= 4 is 39.0 Å². The van der Waals surface area contributed by atoms with E-state index < -0.39 is 57.3 Å². The Morgan fingerprint density at radius 1 is 1.19 bits per heavy atom. The summed E-state index contributed by atoms with van der Waals surface area (Å²) >= 11 is 0. The van der Waals surface area contributed by atoms with Crippen molar-refractivity contribution in [3.8, 4) is 11.5 Å². The number of carbonyl (C=O) groups is 3. The van der Waals surface area contributed by atoms with Gasteiger partial charge in [0.1, 0.15) is 34.8 Å². The van der Waals surface area contributed by atoms with Gasteiger partial charge in [-0.05, 0) is 52.3 Å². The number of methoxy groups -OCH3 is 1. The second-order valence-electron chi connectivity index (χ2n) is 11.9. The van der Waals surface area contributed by atoms with E-state index in [0.717, 1.165) is 15.3 Å². The molecule has 0 radical (unpaired) electrons. The fraction of sp³-hybridized carbons (Fsp3) is 0.517. The van der Waals surface area contributed by atoms with Crippen LogP contribution in [0.15, 0.2) is 37.1 Å². The first kappa shape index (κ1) is 32.0. The summed E-state index contributed by atoms with van der Waals surface area (Å²) in [5, 5.41) is 3.46. The Labute approximate surface area is 251 Å². The number of pyridine rings is 1. The summed E-state index contributed by atoms with van der Waals surface area (Å²) in [5.74, 6) is -0.827. The predicted molar refractivity (Wildman–Crippen MR) is 159 cm³/mol. The highest BCUT2D eigenvalue weighted by atomic mass is 32.2. The highest BCUT2D eigenvalue weighted by Crippen LogP contribution is 2.45. The van der Waals surface area contributed by atoms with Crippen LogP contribution in [-0.2, 0) is 24.5 Å². The number of hydrogen-bond acceptors (Lipinski definition) is 9. The van der Waals surface area contributed by atoms with Crippen LogP contribution in [-0.4, -0.2) is 91.6 Å². The second-order valence-corrected chi connectivity index (χ2v) is 13.8. The van der Waals surface area contributed by atoms with Crippen molar-refractivity contribution in [2.45, 2.75) is 63.8 Å². The predicted octanol–water partition coefficient (Wildman–Crippen LogP) is 2.29. The third-order valence-corrected chi connectivity index (χ3v) is 8.94. The second kappa shape index (κ2) is 11.6. The van der Waals surface area contributed by atoms with Gasteiger partial charge < -0.3 is 19.5 Å². The van der Waals surface area contributed by atoms with Crippen LogP contribution in [0.3, 0.4) is 0 Å². The Bertz CT molecular complexity index is 1550. The molecule has 43 heavy (non-hydrogen) atoms. The molecule has 1 saturated carbocycles. The molecule has 2 heterocycles. The lowest BCUT2D eigenvalue weighted by Crippen LogP contribution is -2.57. The number of likely N-dealkylation sites (tertiary alicyclic amines) is 1. The summed E-state index contributed by atoms with van der Waals surface area (Å²) in [6.07, 6.45) is 2.02. The van der Waals surface area contributed by atoms with Gasteiger partial charge in [0.15, 0.2) is 0 Å². The molecular formula is C29H39N5O8S. The molecule has 0 spiro atoms. The van der Waals surface area contributed by atoms with E-state index in [1.54, 1.807) is 40.1 Å². The fourth-order valence-corrected chi connectivity index (χ4v) is 5.71. The van der Waals surface area contributed by atoms with E-state index in [1.807, 2.05) is 23.8 Å². The van der Waals surface area contributed by atoms with E-state index in [4.69, 9.17) is 14.2 Å². The molecular weight excluding hydrogens is 578 g/mol. The van der Waals surface area contributed by atoms with E-state index in [-0.39, 0.29) is 19.4 Å². The number of carbonyl (C=O) groups excluding carboxylic acids is 3. The molecule has 3 amide bonds. The Balaban J connectivity index is 1.60. The fourth-order valence-electron chi connectivity index (χ4n) is 5.11. The lowest BCUT2D eigenvalue weighted by molar-refractivity contribution is -0.131. The Kier molecular flexibility index (Phi) is 8.67. The molecule has 14 heteroatoms. The monoisotopic (exact) mass is 617 g/mol. The standard InChI is InChI=1S/C29H39N5O8S/c1-9-18-15-29(18,26(36)32-43(38,39)33(6)7)31-25(35)21-14-19(16-34(21)27(37)42-28(3,4)5)41-23-12-13-30-24-17(2)22(40-8)11-10-20(23)24/h9-13,18-19,21H,1,14-16H2,2-8H3,(H,31,35)(H,32,36)/t18-,19-,21+,29-/m1/s1. The molecule has 1 aliphatic carbocycles. The van der Waals surface area contributed by atoms with Crippen molar-refractivity contribution in [3.63, 3.8) is 0 Å². The smallest absolute Gasteiger partial charge is 0.411 e. The Hall–Kier alpha value is -3.91. The minimum atomic E-state index is -4.11. The lowest BCUT2D eigenvalue weighted by atomic mass is 10.1. The molecule has 1 saturated heterocycles. The van der Waals surface area contributed by atoms with E-state index in [0.29, 0.717) is 17.0 Å². The zero-order valence-electron chi connectivity index (χ0n) is 25.5. The molecule has 1 aromatic carbocycles. The third-order valence-electron chi connectivity index (χ3n) is 7.54. The van der Waals surface area contributed by atoms with Crippen LogP contribution >= 0.6 is 0 Å². The Morgan fingerprint density at radius 2 is 1.88 bits per heavy atom. The number of nitrogens with zero attached hydrogens (tertiary/aromatic N) is 3. The Morgan fingerprint density at radius 3 is 2.47 bits per heavy atom. The number of benzene rings is 1. The highest BCUT2D eigenvalue weighted by molar-refractivity contribution is 7.87. The molecule has 4 rings (SSSR count). The van der Waals surface area contributed by atoms with E-state index in [9.17, 15) is 22.8 Å². The molecule has 0 unspecified atom stereocenters. The van der Waals surface area contributed by atoms with Crippen LogP contribution in [0.2, 0.25) is 0 Å². The average Bonchev–Trinajstić information content (AvgIpc) is 3.47. The van der Waals surface area contributed by atoms with E-state index in [2.05, 4.69) is 16.9 Å². The molecule has 2 N–H and O–H groups in total. The van der Waals surface area contributed by atoms with Crippen molar-refractivity contribution in [2.24, 2.45) is 5.92 Å². The topological polar surface area (TPSA) is 156 Å². The van der Waals surface area contributed by atoms with Crippen LogP contribution in [0.1, 0.15) is 39.2 Å². The molecule has 1 aliphatic heterocycles. The number of aryl methyl sites for hydroxylation is 1. The van der Waals surface area contributed by atoms with Gasteiger partial charge in [-0.3, -0.25) is 19.5 Å². The van der Waals surface area contributed by atoms with Gasteiger partial charge in [0.05, 0.1) is 19.2 Å². The molecule has 0 bridgehead atoms. The zero-order chi connectivity index (χ0) is 31.9. The van der Waals surface area contributed by atoms with Gasteiger partial charge in [-0.1, -0.05) is 6.08 Å². The minimum absolute atomic E-state index is 0.0328. The summed E-state index contributed by atoms with van der Waals surface area (Å²) < 4.78 is 44.9. The normalized spacial score (nSPS) is 23.5. The van der Waals surface area contributed by atoms with Crippen molar-refractivity contribution in [1.29, 1.82) is 0 Å². The van der Waals surface area contributed by atoms with Gasteiger partial charge in [-0.15, -0.1) is 6.58 Å².